The summed E-state index contributed by atoms with van der Waals surface area (Å²) in [7, 11) is 0. The van der Waals surface area contributed by atoms with E-state index in [0.717, 1.165) is 0 Å². The number of fused-ring (bicyclic) bond motifs is 1. The van der Waals surface area contributed by atoms with Gasteiger partial charge in [-0.3, -0.25) is 14.4 Å². The maximum Gasteiger partial charge on any atom is 0.198 e. The van der Waals surface area contributed by atoms with E-state index in [1.54, 1.807) is 72.8 Å². The zero-order valence-electron chi connectivity index (χ0n) is 14.1. The van der Waals surface area contributed by atoms with E-state index in [-0.39, 0.29) is 22.5 Å². The number of benzene rings is 3. The number of ketones is 3. The van der Waals surface area contributed by atoms with Gasteiger partial charge in [-0.2, -0.15) is 0 Å². The molecule has 0 fully saturated rings. The molecule has 4 heteroatoms. The largest absolute Gasteiger partial charge is 0.289 e. The van der Waals surface area contributed by atoms with Crippen molar-refractivity contribution in [3.63, 3.8) is 0 Å². The van der Waals surface area contributed by atoms with Crippen LogP contribution < -0.4 is 0 Å². The monoisotopic (exact) mass is 372 g/mol. The van der Waals surface area contributed by atoms with Crippen molar-refractivity contribution in [2.75, 3.05) is 0 Å². The number of hydrogen-bond acceptors (Lipinski definition) is 3. The van der Waals surface area contributed by atoms with Gasteiger partial charge in [0.15, 0.2) is 17.3 Å². The summed E-state index contributed by atoms with van der Waals surface area (Å²) in [6, 6.07) is 21.7. The molecule has 3 nitrogen and oxygen atoms in total. The second kappa shape index (κ2) is 6.78. The van der Waals surface area contributed by atoms with Crippen LogP contribution in [0.5, 0.6) is 0 Å². The van der Waals surface area contributed by atoms with Gasteiger partial charge < -0.3 is 0 Å². The molecule has 0 spiro atoms. The van der Waals surface area contributed by atoms with E-state index in [4.69, 9.17) is 11.6 Å². The Bertz CT molecular complexity index is 1110. The fourth-order valence-corrected chi connectivity index (χ4v) is 3.34. The standard InChI is InChI=1S/C23H13ClO3/c24-16-12-10-15(11-13-16)21(25)20-19(14-6-2-1-3-7-14)22(26)17-8-4-5-9-18(17)23(20)27/h1-13H. The summed E-state index contributed by atoms with van der Waals surface area (Å²) >= 11 is 5.90. The Balaban J connectivity index is 1.98. The highest BCUT2D eigenvalue weighted by Crippen LogP contribution is 2.34. The van der Waals surface area contributed by atoms with E-state index < -0.39 is 11.6 Å². The number of carbonyl (C=O) groups is 3. The van der Waals surface area contributed by atoms with Gasteiger partial charge >= 0.3 is 0 Å². The molecule has 0 atom stereocenters. The second-order valence-electron chi connectivity index (χ2n) is 6.16. The lowest BCUT2D eigenvalue weighted by Gasteiger charge is -2.20. The molecule has 0 saturated carbocycles. The third-order valence-electron chi connectivity index (χ3n) is 4.52. The van der Waals surface area contributed by atoms with E-state index >= 15 is 0 Å². The van der Waals surface area contributed by atoms with Gasteiger partial charge in [-0.1, -0.05) is 66.2 Å². The van der Waals surface area contributed by atoms with E-state index in [1.807, 2.05) is 6.07 Å². The van der Waals surface area contributed by atoms with Gasteiger partial charge in [-0.25, -0.2) is 0 Å². The van der Waals surface area contributed by atoms with Gasteiger partial charge in [0.05, 0.1) is 5.57 Å². The van der Waals surface area contributed by atoms with E-state index in [9.17, 15) is 14.4 Å². The molecule has 3 aromatic rings. The predicted molar refractivity (Wildman–Crippen MR) is 104 cm³/mol. The Labute approximate surface area is 160 Å². The molecule has 1 aliphatic carbocycles. The molecule has 0 amide bonds. The molecule has 0 unspecified atom stereocenters. The lowest BCUT2D eigenvalue weighted by Crippen LogP contribution is -2.26. The quantitative estimate of drug-likeness (QED) is 0.477. The molecule has 0 N–H and O–H groups in total. The fourth-order valence-electron chi connectivity index (χ4n) is 3.22. The first-order valence-corrected chi connectivity index (χ1v) is 8.74. The lowest BCUT2D eigenvalue weighted by molar-refractivity contribution is 0.0940. The van der Waals surface area contributed by atoms with Gasteiger partial charge in [-0.15, -0.1) is 0 Å². The van der Waals surface area contributed by atoms with Crippen LogP contribution in [0.15, 0.2) is 84.4 Å². The third-order valence-corrected chi connectivity index (χ3v) is 4.77. The highest BCUT2D eigenvalue weighted by atomic mass is 35.5. The number of Topliss-reactive ketones (excluding diaryl/α,β-unsaturated/α-hetero) is 3. The Morgan fingerprint density at radius 1 is 0.667 bits per heavy atom. The molecule has 0 heterocycles. The van der Waals surface area contributed by atoms with Crippen LogP contribution in [-0.4, -0.2) is 17.3 Å². The van der Waals surface area contributed by atoms with Crippen molar-refractivity contribution in [3.8, 4) is 0 Å². The van der Waals surface area contributed by atoms with Crippen LogP contribution in [0.3, 0.4) is 0 Å². The first-order chi connectivity index (χ1) is 13.1. The minimum Gasteiger partial charge on any atom is -0.289 e. The van der Waals surface area contributed by atoms with Crippen molar-refractivity contribution >= 4 is 34.5 Å². The predicted octanol–water partition coefficient (Wildman–Crippen LogP) is 5.06. The number of halogens is 1. The van der Waals surface area contributed by atoms with Gasteiger partial charge in [0.2, 0.25) is 0 Å². The Morgan fingerprint density at radius 3 is 1.85 bits per heavy atom. The summed E-state index contributed by atoms with van der Waals surface area (Å²) in [6.07, 6.45) is 0. The van der Waals surface area contributed by atoms with E-state index in [0.29, 0.717) is 21.7 Å². The summed E-state index contributed by atoms with van der Waals surface area (Å²) in [5.41, 5.74) is 1.45. The smallest absolute Gasteiger partial charge is 0.198 e. The van der Waals surface area contributed by atoms with Crippen molar-refractivity contribution in [2.45, 2.75) is 0 Å². The molecule has 4 rings (SSSR count). The Morgan fingerprint density at radius 2 is 1.22 bits per heavy atom. The summed E-state index contributed by atoms with van der Waals surface area (Å²) in [6.45, 7) is 0. The van der Waals surface area contributed by atoms with Crippen LogP contribution >= 0.6 is 11.6 Å². The number of hydrogen-bond donors (Lipinski definition) is 0. The topological polar surface area (TPSA) is 51.2 Å². The number of rotatable bonds is 3. The zero-order valence-corrected chi connectivity index (χ0v) is 14.9. The minimum absolute atomic E-state index is 0.104. The SMILES string of the molecule is O=C(C1=C(c2ccccc2)C(=O)c2ccccc2C1=O)c1ccc(Cl)cc1. The Kier molecular flexibility index (Phi) is 4.30. The Hall–Kier alpha value is -3.30. The van der Waals surface area contributed by atoms with Crippen LogP contribution in [0, 0.1) is 0 Å². The molecule has 27 heavy (non-hydrogen) atoms. The van der Waals surface area contributed by atoms with Crippen molar-refractivity contribution in [2.24, 2.45) is 0 Å². The molecular formula is C23H13ClO3. The van der Waals surface area contributed by atoms with Gasteiger partial charge in [-0.05, 0) is 29.8 Å². The summed E-state index contributed by atoms with van der Waals surface area (Å²) in [4.78, 5) is 39.5. The maximum atomic E-state index is 13.2. The van der Waals surface area contributed by atoms with Crippen molar-refractivity contribution in [1.29, 1.82) is 0 Å². The summed E-state index contributed by atoms with van der Waals surface area (Å²) in [5.74, 6) is -1.25. The van der Waals surface area contributed by atoms with Gasteiger partial charge in [0, 0.05) is 27.3 Å². The lowest BCUT2D eigenvalue weighted by atomic mass is 9.78. The molecule has 0 bridgehead atoms. The molecule has 3 aromatic carbocycles. The first-order valence-electron chi connectivity index (χ1n) is 8.36. The van der Waals surface area contributed by atoms with Crippen LogP contribution in [0.2, 0.25) is 5.02 Å². The van der Waals surface area contributed by atoms with Crippen LogP contribution in [0.1, 0.15) is 36.6 Å². The average molecular weight is 373 g/mol. The highest BCUT2D eigenvalue weighted by Gasteiger charge is 2.36. The first kappa shape index (κ1) is 17.1. The molecule has 0 radical (unpaired) electrons. The van der Waals surface area contributed by atoms with Crippen molar-refractivity contribution in [1.82, 2.24) is 0 Å². The van der Waals surface area contributed by atoms with Crippen molar-refractivity contribution < 1.29 is 14.4 Å². The second-order valence-corrected chi connectivity index (χ2v) is 6.59. The summed E-state index contributed by atoms with van der Waals surface area (Å²) in [5, 5.41) is 0.486. The molecular weight excluding hydrogens is 360 g/mol. The summed E-state index contributed by atoms with van der Waals surface area (Å²) < 4.78 is 0. The average Bonchev–Trinajstić information content (AvgIpc) is 2.71. The fraction of sp³-hybridized carbons (Fsp3) is 0. The number of carbonyl (C=O) groups excluding carboxylic acids is 3. The van der Waals surface area contributed by atoms with Crippen molar-refractivity contribution in [3.05, 3.63) is 112 Å². The maximum absolute atomic E-state index is 13.2. The molecule has 1 aliphatic rings. The van der Waals surface area contributed by atoms with Crippen LogP contribution in [0.4, 0.5) is 0 Å². The van der Waals surface area contributed by atoms with E-state index in [2.05, 4.69) is 0 Å². The molecule has 130 valence electrons. The normalized spacial score (nSPS) is 13.5. The van der Waals surface area contributed by atoms with Crippen LogP contribution in [0.25, 0.3) is 5.57 Å². The third kappa shape index (κ3) is 2.92. The van der Waals surface area contributed by atoms with Crippen LogP contribution in [-0.2, 0) is 0 Å². The zero-order chi connectivity index (χ0) is 19.0. The number of allylic oxidation sites excluding steroid dienone is 2. The molecule has 0 aliphatic heterocycles. The van der Waals surface area contributed by atoms with Gasteiger partial charge in [0.1, 0.15) is 0 Å². The highest BCUT2D eigenvalue weighted by molar-refractivity contribution is 6.49. The van der Waals surface area contributed by atoms with Gasteiger partial charge in [0.25, 0.3) is 0 Å². The molecule has 0 saturated heterocycles. The van der Waals surface area contributed by atoms with E-state index in [1.165, 1.54) is 0 Å². The molecule has 0 aromatic heterocycles. The minimum atomic E-state index is -0.488.